The van der Waals surface area contributed by atoms with E-state index in [1.54, 1.807) is 0 Å². The van der Waals surface area contributed by atoms with Crippen molar-refractivity contribution in [3.8, 4) is 0 Å². The van der Waals surface area contributed by atoms with E-state index in [2.05, 4.69) is 21.2 Å². The standard InChI is InChI=1S/C14H10BrF4N/c15-10-3-6-13(12(7-10)14(17,18)19)20-8-9-1-4-11(16)5-2-9/h1-7,20H,8H2. The van der Waals surface area contributed by atoms with Gasteiger partial charge in [-0.25, -0.2) is 4.39 Å². The summed E-state index contributed by atoms with van der Waals surface area (Å²) in [6.45, 7) is 0.186. The summed E-state index contributed by atoms with van der Waals surface area (Å²) in [6, 6.07) is 9.49. The molecule has 0 aromatic heterocycles. The van der Waals surface area contributed by atoms with Gasteiger partial charge < -0.3 is 5.32 Å². The van der Waals surface area contributed by atoms with Crippen LogP contribution in [-0.2, 0) is 12.7 Å². The van der Waals surface area contributed by atoms with Crippen molar-refractivity contribution in [2.45, 2.75) is 12.7 Å². The molecule has 0 fully saturated rings. The topological polar surface area (TPSA) is 12.0 Å². The van der Waals surface area contributed by atoms with Crippen molar-refractivity contribution in [2.24, 2.45) is 0 Å². The number of nitrogens with one attached hydrogen (secondary N) is 1. The lowest BCUT2D eigenvalue weighted by Gasteiger charge is -2.15. The monoisotopic (exact) mass is 347 g/mol. The predicted octanol–water partition coefficient (Wildman–Crippen LogP) is 5.22. The van der Waals surface area contributed by atoms with E-state index in [1.807, 2.05) is 0 Å². The maximum absolute atomic E-state index is 12.9. The highest BCUT2D eigenvalue weighted by Gasteiger charge is 2.33. The number of anilines is 1. The number of hydrogen-bond acceptors (Lipinski definition) is 1. The molecule has 2 aromatic rings. The molecule has 0 unspecified atom stereocenters. The van der Waals surface area contributed by atoms with Gasteiger partial charge in [-0.05, 0) is 35.9 Å². The average Bonchev–Trinajstić information content (AvgIpc) is 2.38. The maximum atomic E-state index is 12.9. The van der Waals surface area contributed by atoms with Crippen molar-refractivity contribution in [2.75, 3.05) is 5.32 Å². The van der Waals surface area contributed by atoms with E-state index in [0.717, 1.165) is 6.07 Å². The van der Waals surface area contributed by atoms with Crippen LogP contribution in [0.5, 0.6) is 0 Å². The molecule has 0 atom stereocenters. The second-order valence-corrected chi connectivity index (χ2v) is 5.08. The molecule has 0 amide bonds. The molecule has 20 heavy (non-hydrogen) atoms. The summed E-state index contributed by atoms with van der Waals surface area (Å²) in [4.78, 5) is 0. The summed E-state index contributed by atoms with van der Waals surface area (Å²) in [5.41, 5.74) is -0.0542. The Bertz CT molecular complexity index is 593. The van der Waals surface area contributed by atoms with Crippen LogP contribution in [0.2, 0.25) is 0 Å². The van der Waals surface area contributed by atoms with E-state index in [4.69, 9.17) is 0 Å². The second kappa shape index (κ2) is 5.83. The first-order valence-electron chi connectivity index (χ1n) is 5.71. The van der Waals surface area contributed by atoms with E-state index in [1.165, 1.54) is 36.4 Å². The molecule has 6 heteroatoms. The zero-order chi connectivity index (χ0) is 14.8. The normalized spacial score (nSPS) is 11.4. The SMILES string of the molecule is Fc1ccc(CNc2ccc(Br)cc2C(F)(F)F)cc1. The molecular weight excluding hydrogens is 338 g/mol. The molecule has 1 N–H and O–H groups in total. The molecule has 0 aliphatic rings. The summed E-state index contributed by atoms with van der Waals surface area (Å²) < 4.78 is 51.8. The highest BCUT2D eigenvalue weighted by molar-refractivity contribution is 9.10. The van der Waals surface area contributed by atoms with Crippen LogP contribution in [0.4, 0.5) is 23.2 Å². The lowest BCUT2D eigenvalue weighted by molar-refractivity contribution is -0.137. The van der Waals surface area contributed by atoms with Crippen LogP contribution in [0, 0.1) is 5.82 Å². The molecule has 0 bridgehead atoms. The van der Waals surface area contributed by atoms with Crippen molar-refractivity contribution in [1.29, 1.82) is 0 Å². The molecule has 2 aromatic carbocycles. The Balaban J connectivity index is 2.19. The first-order chi connectivity index (χ1) is 9.36. The van der Waals surface area contributed by atoms with Gasteiger partial charge in [0.1, 0.15) is 5.82 Å². The molecule has 106 valence electrons. The quantitative estimate of drug-likeness (QED) is 0.750. The lowest BCUT2D eigenvalue weighted by Crippen LogP contribution is -2.10. The zero-order valence-electron chi connectivity index (χ0n) is 10.1. The van der Waals surface area contributed by atoms with E-state index in [-0.39, 0.29) is 18.0 Å². The highest BCUT2D eigenvalue weighted by Crippen LogP contribution is 2.36. The van der Waals surface area contributed by atoms with Crippen molar-refractivity contribution >= 4 is 21.6 Å². The van der Waals surface area contributed by atoms with Crippen molar-refractivity contribution < 1.29 is 17.6 Å². The molecule has 0 saturated heterocycles. The van der Waals surface area contributed by atoms with Gasteiger partial charge in [-0.1, -0.05) is 28.1 Å². The third-order valence-electron chi connectivity index (χ3n) is 2.68. The Morgan fingerprint density at radius 3 is 2.25 bits per heavy atom. The van der Waals surface area contributed by atoms with E-state index < -0.39 is 11.7 Å². The van der Waals surface area contributed by atoms with Crippen LogP contribution < -0.4 is 5.32 Å². The van der Waals surface area contributed by atoms with Gasteiger partial charge in [0.15, 0.2) is 0 Å². The molecule has 1 nitrogen and oxygen atoms in total. The molecule has 0 heterocycles. The Morgan fingerprint density at radius 2 is 1.65 bits per heavy atom. The number of alkyl halides is 3. The van der Waals surface area contributed by atoms with Crippen LogP contribution in [0.3, 0.4) is 0 Å². The van der Waals surface area contributed by atoms with Gasteiger partial charge in [0.2, 0.25) is 0 Å². The summed E-state index contributed by atoms with van der Waals surface area (Å²) in [5, 5.41) is 2.72. The summed E-state index contributed by atoms with van der Waals surface area (Å²) in [5.74, 6) is -0.381. The largest absolute Gasteiger partial charge is 0.418 e. The van der Waals surface area contributed by atoms with Crippen molar-refractivity contribution in [3.05, 3.63) is 63.9 Å². The summed E-state index contributed by atoms with van der Waals surface area (Å²) >= 11 is 3.02. The lowest BCUT2D eigenvalue weighted by atomic mass is 10.1. The van der Waals surface area contributed by atoms with Crippen molar-refractivity contribution in [3.63, 3.8) is 0 Å². The molecule has 0 radical (unpaired) electrons. The Kier molecular flexibility index (Phi) is 4.32. The first-order valence-corrected chi connectivity index (χ1v) is 6.50. The minimum atomic E-state index is -4.44. The predicted molar refractivity (Wildman–Crippen MR) is 72.9 cm³/mol. The minimum Gasteiger partial charge on any atom is -0.380 e. The number of hydrogen-bond donors (Lipinski definition) is 1. The fourth-order valence-corrected chi connectivity index (χ4v) is 2.07. The van der Waals surface area contributed by atoms with Crippen LogP contribution in [0.15, 0.2) is 46.9 Å². The van der Waals surface area contributed by atoms with Crippen LogP contribution in [0.1, 0.15) is 11.1 Å². The van der Waals surface area contributed by atoms with Gasteiger partial charge in [-0.15, -0.1) is 0 Å². The van der Waals surface area contributed by atoms with E-state index >= 15 is 0 Å². The molecule has 2 rings (SSSR count). The summed E-state index contributed by atoms with van der Waals surface area (Å²) in [6.07, 6.45) is -4.44. The first kappa shape index (κ1) is 14.8. The average molecular weight is 348 g/mol. The Labute approximate surface area is 121 Å². The fourth-order valence-electron chi connectivity index (χ4n) is 1.70. The number of benzene rings is 2. The van der Waals surface area contributed by atoms with E-state index in [9.17, 15) is 17.6 Å². The smallest absolute Gasteiger partial charge is 0.380 e. The maximum Gasteiger partial charge on any atom is 0.418 e. The third-order valence-corrected chi connectivity index (χ3v) is 3.18. The fraction of sp³-hybridized carbons (Fsp3) is 0.143. The molecule has 0 saturated carbocycles. The highest BCUT2D eigenvalue weighted by atomic mass is 79.9. The minimum absolute atomic E-state index is 0.00924. The van der Waals surface area contributed by atoms with Gasteiger partial charge >= 0.3 is 6.18 Å². The Morgan fingerprint density at radius 1 is 1.00 bits per heavy atom. The molecule has 0 aliphatic heterocycles. The van der Waals surface area contributed by atoms with Crippen LogP contribution >= 0.6 is 15.9 Å². The zero-order valence-corrected chi connectivity index (χ0v) is 11.7. The van der Waals surface area contributed by atoms with Gasteiger partial charge in [0.05, 0.1) is 5.56 Å². The third kappa shape index (κ3) is 3.72. The number of halogens is 5. The van der Waals surface area contributed by atoms with Gasteiger partial charge in [0.25, 0.3) is 0 Å². The van der Waals surface area contributed by atoms with Crippen LogP contribution in [0.25, 0.3) is 0 Å². The molecular formula is C14H10BrF4N. The van der Waals surface area contributed by atoms with Crippen LogP contribution in [-0.4, -0.2) is 0 Å². The van der Waals surface area contributed by atoms with Gasteiger partial charge in [-0.3, -0.25) is 0 Å². The molecule has 0 aliphatic carbocycles. The molecule has 0 spiro atoms. The summed E-state index contributed by atoms with van der Waals surface area (Å²) in [7, 11) is 0. The van der Waals surface area contributed by atoms with Crippen molar-refractivity contribution in [1.82, 2.24) is 0 Å². The second-order valence-electron chi connectivity index (χ2n) is 4.17. The van der Waals surface area contributed by atoms with Gasteiger partial charge in [-0.2, -0.15) is 13.2 Å². The van der Waals surface area contributed by atoms with E-state index in [0.29, 0.717) is 10.0 Å². The Hall–Kier alpha value is -1.56. The van der Waals surface area contributed by atoms with Gasteiger partial charge in [0, 0.05) is 16.7 Å². The number of rotatable bonds is 3.